The molecule has 1 aliphatic heterocycles. The Bertz CT molecular complexity index is 711. The zero-order valence-corrected chi connectivity index (χ0v) is 12.1. The van der Waals surface area contributed by atoms with Crippen LogP contribution in [0.3, 0.4) is 0 Å². The monoisotopic (exact) mass is 321 g/mol. The number of hydrogen-bond donors (Lipinski definition) is 1. The lowest BCUT2D eigenvalue weighted by Gasteiger charge is -2.24. The summed E-state index contributed by atoms with van der Waals surface area (Å²) in [7, 11) is 0. The Kier molecular flexibility index (Phi) is 3.98. The van der Waals surface area contributed by atoms with Crippen LogP contribution in [0.15, 0.2) is 48.5 Å². The number of benzene rings is 2. The summed E-state index contributed by atoms with van der Waals surface area (Å²) in [6.45, 7) is 0.253. The van der Waals surface area contributed by atoms with Gasteiger partial charge in [0.2, 0.25) is 5.91 Å². The lowest BCUT2D eigenvalue weighted by atomic mass is 9.96. The first-order chi connectivity index (χ1) is 10.9. The minimum absolute atomic E-state index is 0.253. The van der Waals surface area contributed by atoms with E-state index >= 15 is 0 Å². The van der Waals surface area contributed by atoms with Crippen molar-refractivity contribution >= 4 is 11.6 Å². The summed E-state index contributed by atoms with van der Waals surface area (Å²) >= 11 is 0. The third kappa shape index (κ3) is 3.47. The van der Waals surface area contributed by atoms with E-state index in [0.717, 1.165) is 23.4 Å². The van der Waals surface area contributed by atoms with Crippen LogP contribution < -0.4 is 10.1 Å². The Morgan fingerprint density at radius 2 is 1.78 bits per heavy atom. The SMILES string of the molecule is O=C(Nc1ccc(C(F)(F)F)cc1)C1COc2ccccc2C1. The van der Waals surface area contributed by atoms with Gasteiger partial charge in [0.25, 0.3) is 0 Å². The maximum Gasteiger partial charge on any atom is 0.416 e. The number of carbonyl (C=O) groups is 1. The molecule has 2 aromatic carbocycles. The van der Waals surface area contributed by atoms with Crippen molar-refractivity contribution < 1.29 is 22.7 Å². The number of hydrogen-bond acceptors (Lipinski definition) is 2. The highest BCUT2D eigenvalue weighted by atomic mass is 19.4. The molecule has 0 saturated carbocycles. The highest BCUT2D eigenvalue weighted by Crippen LogP contribution is 2.30. The second-order valence-corrected chi connectivity index (χ2v) is 5.38. The number of para-hydroxylation sites is 1. The standard InChI is InChI=1S/C17H14F3NO2/c18-17(19,20)13-5-7-14(8-6-13)21-16(22)12-9-11-3-1-2-4-15(11)23-10-12/h1-8,12H,9-10H2,(H,21,22). The molecule has 0 aromatic heterocycles. The molecular weight excluding hydrogens is 307 g/mol. The van der Waals surface area contributed by atoms with Gasteiger partial charge in [-0.3, -0.25) is 4.79 Å². The van der Waals surface area contributed by atoms with Crippen LogP contribution in [-0.2, 0) is 17.4 Å². The molecule has 0 bridgehead atoms. The molecule has 3 rings (SSSR count). The molecule has 0 aliphatic carbocycles. The van der Waals surface area contributed by atoms with Gasteiger partial charge in [-0.2, -0.15) is 13.2 Å². The van der Waals surface area contributed by atoms with Gasteiger partial charge in [-0.25, -0.2) is 0 Å². The first kappa shape index (κ1) is 15.4. The van der Waals surface area contributed by atoms with Crippen molar-refractivity contribution in [3.63, 3.8) is 0 Å². The van der Waals surface area contributed by atoms with E-state index in [0.29, 0.717) is 12.1 Å². The third-order valence-electron chi connectivity index (χ3n) is 3.73. The topological polar surface area (TPSA) is 38.3 Å². The number of alkyl halides is 3. The Labute approximate surface area is 131 Å². The van der Waals surface area contributed by atoms with E-state index in [2.05, 4.69) is 5.32 Å². The number of ether oxygens (including phenoxy) is 1. The lowest BCUT2D eigenvalue weighted by molar-refractivity contribution is -0.137. The summed E-state index contributed by atoms with van der Waals surface area (Å²) in [5.41, 5.74) is 0.540. The summed E-state index contributed by atoms with van der Waals surface area (Å²) in [6.07, 6.45) is -3.84. The van der Waals surface area contributed by atoms with E-state index in [9.17, 15) is 18.0 Å². The molecule has 1 atom stereocenters. The van der Waals surface area contributed by atoms with Gasteiger partial charge in [0.1, 0.15) is 12.4 Å². The van der Waals surface area contributed by atoms with Crippen LogP contribution in [-0.4, -0.2) is 12.5 Å². The second kappa shape index (κ2) is 5.95. The van der Waals surface area contributed by atoms with Crippen molar-refractivity contribution in [2.75, 3.05) is 11.9 Å². The molecule has 0 saturated heterocycles. The Morgan fingerprint density at radius 3 is 2.48 bits per heavy atom. The van der Waals surface area contributed by atoms with Crippen LogP contribution >= 0.6 is 0 Å². The quantitative estimate of drug-likeness (QED) is 0.911. The summed E-state index contributed by atoms with van der Waals surface area (Å²) in [4.78, 5) is 12.2. The number of rotatable bonds is 2. The average molecular weight is 321 g/mol. The molecule has 3 nitrogen and oxygen atoms in total. The van der Waals surface area contributed by atoms with Crippen LogP contribution in [0.5, 0.6) is 5.75 Å². The van der Waals surface area contributed by atoms with E-state index < -0.39 is 11.7 Å². The minimum atomic E-state index is -4.39. The average Bonchev–Trinajstić information content (AvgIpc) is 2.54. The molecule has 1 heterocycles. The second-order valence-electron chi connectivity index (χ2n) is 5.38. The summed E-state index contributed by atoms with van der Waals surface area (Å²) in [5.74, 6) is 0.137. The molecule has 2 aromatic rings. The summed E-state index contributed by atoms with van der Waals surface area (Å²) in [6, 6.07) is 11.9. The normalized spacial score (nSPS) is 17.1. The molecule has 0 fully saturated rings. The van der Waals surface area contributed by atoms with Gasteiger partial charge >= 0.3 is 6.18 Å². The molecule has 23 heavy (non-hydrogen) atoms. The van der Waals surface area contributed by atoms with E-state index in [1.165, 1.54) is 12.1 Å². The van der Waals surface area contributed by atoms with E-state index in [-0.39, 0.29) is 18.4 Å². The fourth-order valence-electron chi connectivity index (χ4n) is 2.48. The van der Waals surface area contributed by atoms with E-state index in [4.69, 9.17) is 4.74 Å². The molecule has 1 amide bonds. The fraction of sp³-hybridized carbons (Fsp3) is 0.235. The number of anilines is 1. The van der Waals surface area contributed by atoms with Crippen molar-refractivity contribution in [2.45, 2.75) is 12.6 Å². The molecule has 1 unspecified atom stereocenters. The van der Waals surface area contributed by atoms with Crippen molar-refractivity contribution in [3.8, 4) is 5.75 Å². The van der Waals surface area contributed by atoms with Crippen molar-refractivity contribution in [1.29, 1.82) is 0 Å². The fourth-order valence-corrected chi connectivity index (χ4v) is 2.48. The maximum absolute atomic E-state index is 12.5. The molecule has 1 aliphatic rings. The first-order valence-corrected chi connectivity index (χ1v) is 7.12. The molecule has 120 valence electrons. The molecule has 0 radical (unpaired) electrons. The number of carbonyl (C=O) groups excluding carboxylic acids is 1. The third-order valence-corrected chi connectivity index (χ3v) is 3.73. The van der Waals surface area contributed by atoms with Gasteiger partial charge in [-0.05, 0) is 42.3 Å². The number of fused-ring (bicyclic) bond motifs is 1. The zero-order chi connectivity index (χ0) is 16.4. The van der Waals surface area contributed by atoms with E-state index in [1.54, 1.807) is 0 Å². The minimum Gasteiger partial charge on any atom is -0.492 e. The van der Waals surface area contributed by atoms with Gasteiger partial charge in [0.05, 0.1) is 11.5 Å². The van der Waals surface area contributed by atoms with Crippen LogP contribution in [0.1, 0.15) is 11.1 Å². The molecule has 1 N–H and O–H groups in total. The van der Waals surface area contributed by atoms with Gasteiger partial charge in [0.15, 0.2) is 0 Å². The van der Waals surface area contributed by atoms with Gasteiger partial charge < -0.3 is 10.1 Å². The van der Waals surface area contributed by atoms with Gasteiger partial charge in [0, 0.05) is 5.69 Å². The largest absolute Gasteiger partial charge is 0.492 e. The predicted molar refractivity (Wildman–Crippen MR) is 79.2 cm³/mol. The first-order valence-electron chi connectivity index (χ1n) is 7.12. The highest BCUT2D eigenvalue weighted by molar-refractivity contribution is 5.93. The number of halogens is 3. The zero-order valence-electron chi connectivity index (χ0n) is 12.1. The number of nitrogens with one attached hydrogen (secondary N) is 1. The predicted octanol–water partition coefficient (Wildman–Crippen LogP) is 3.90. The number of amides is 1. The molecule has 0 spiro atoms. The van der Waals surface area contributed by atoms with Crippen LogP contribution in [0.25, 0.3) is 0 Å². The van der Waals surface area contributed by atoms with Crippen LogP contribution in [0.4, 0.5) is 18.9 Å². The Balaban J connectivity index is 1.66. The maximum atomic E-state index is 12.5. The van der Waals surface area contributed by atoms with Crippen molar-refractivity contribution in [1.82, 2.24) is 0 Å². The lowest BCUT2D eigenvalue weighted by Crippen LogP contribution is -2.32. The summed E-state index contributed by atoms with van der Waals surface area (Å²) in [5, 5.41) is 2.63. The molecule has 6 heteroatoms. The van der Waals surface area contributed by atoms with Crippen molar-refractivity contribution in [3.05, 3.63) is 59.7 Å². The van der Waals surface area contributed by atoms with Crippen molar-refractivity contribution in [2.24, 2.45) is 5.92 Å². The van der Waals surface area contributed by atoms with Crippen LogP contribution in [0.2, 0.25) is 0 Å². The Morgan fingerprint density at radius 1 is 1.09 bits per heavy atom. The van der Waals surface area contributed by atoms with E-state index in [1.807, 2.05) is 24.3 Å². The Hall–Kier alpha value is -2.50. The van der Waals surface area contributed by atoms with Gasteiger partial charge in [-0.1, -0.05) is 18.2 Å². The smallest absolute Gasteiger partial charge is 0.416 e. The van der Waals surface area contributed by atoms with Gasteiger partial charge in [-0.15, -0.1) is 0 Å². The highest BCUT2D eigenvalue weighted by Gasteiger charge is 2.30. The molecular formula is C17H14F3NO2. The van der Waals surface area contributed by atoms with Crippen LogP contribution in [0, 0.1) is 5.92 Å². The summed E-state index contributed by atoms with van der Waals surface area (Å²) < 4.78 is 43.1.